The normalized spacial score (nSPS) is 22.5. The van der Waals surface area contributed by atoms with E-state index < -0.39 is 66.5 Å². The number of methoxy groups -OCH3 is 1. The minimum atomic E-state index is -1.45. The highest BCUT2D eigenvalue weighted by molar-refractivity contribution is 5.99. The lowest BCUT2D eigenvalue weighted by Crippen LogP contribution is -2.47. The quantitative estimate of drug-likeness (QED) is 0.335. The lowest BCUT2D eigenvalue weighted by atomic mass is 9.86. The van der Waals surface area contributed by atoms with Gasteiger partial charge in [0.2, 0.25) is 5.75 Å². The summed E-state index contributed by atoms with van der Waals surface area (Å²) in [6.45, 7) is 4.24. The van der Waals surface area contributed by atoms with Crippen LogP contribution in [-0.2, 0) is 39.8 Å². The van der Waals surface area contributed by atoms with Crippen LogP contribution in [0.2, 0.25) is 0 Å². The van der Waals surface area contributed by atoms with E-state index in [1.54, 1.807) is 13.8 Å². The van der Waals surface area contributed by atoms with Crippen LogP contribution in [-0.4, -0.2) is 66.7 Å². The molecule has 2 aromatic rings. The molecule has 1 aliphatic carbocycles. The van der Waals surface area contributed by atoms with Gasteiger partial charge in [-0.3, -0.25) is 19.2 Å². The minimum Gasteiger partial charge on any atom is -0.493 e. The van der Waals surface area contributed by atoms with Crippen molar-refractivity contribution in [3.05, 3.63) is 53.9 Å². The summed E-state index contributed by atoms with van der Waals surface area (Å²) in [4.78, 5) is 69.3. The Bertz CT molecular complexity index is 1340. The molecule has 12 nitrogen and oxygen atoms in total. The van der Waals surface area contributed by atoms with Gasteiger partial charge in [-0.1, -0.05) is 50.6 Å². The van der Waals surface area contributed by atoms with Crippen LogP contribution in [0.25, 0.3) is 0 Å². The highest BCUT2D eigenvalue weighted by atomic mass is 16.6. The van der Waals surface area contributed by atoms with Gasteiger partial charge >= 0.3 is 23.9 Å². The van der Waals surface area contributed by atoms with E-state index in [1.807, 2.05) is 30.3 Å². The van der Waals surface area contributed by atoms with E-state index in [-0.39, 0.29) is 29.5 Å². The van der Waals surface area contributed by atoms with Crippen molar-refractivity contribution in [1.29, 1.82) is 0 Å². The molecule has 230 valence electrons. The number of hydrogen-bond acceptors (Lipinski definition) is 11. The summed E-state index contributed by atoms with van der Waals surface area (Å²) >= 11 is 0. The second-order valence-corrected chi connectivity index (χ2v) is 10.9. The second kappa shape index (κ2) is 14.1. The molecule has 12 heteroatoms. The van der Waals surface area contributed by atoms with Crippen LogP contribution < -0.4 is 14.8 Å². The molecule has 1 aromatic heterocycles. The third kappa shape index (κ3) is 7.68. The van der Waals surface area contributed by atoms with Crippen molar-refractivity contribution in [2.24, 2.45) is 17.8 Å². The summed E-state index contributed by atoms with van der Waals surface area (Å²) in [7, 11) is 1.35. The van der Waals surface area contributed by atoms with E-state index in [2.05, 4.69) is 10.3 Å². The summed E-state index contributed by atoms with van der Waals surface area (Å²) in [5, 5.41) is 2.47. The van der Waals surface area contributed by atoms with Crippen molar-refractivity contribution in [1.82, 2.24) is 10.3 Å². The summed E-state index contributed by atoms with van der Waals surface area (Å²) in [5.74, 6) is -5.50. The first-order valence-electron chi connectivity index (χ1n) is 14.3. The first-order chi connectivity index (χ1) is 20.6. The van der Waals surface area contributed by atoms with Gasteiger partial charge in [0.05, 0.1) is 18.9 Å². The number of benzene rings is 1. The Kier molecular flexibility index (Phi) is 10.3. The van der Waals surface area contributed by atoms with Crippen molar-refractivity contribution in [2.75, 3.05) is 13.7 Å². The zero-order valence-electron chi connectivity index (χ0n) is 24.6. The predicted molar refractivity (Wildman–Crippen MR) is 150 cm³/mol. The zero-order valence-corrected chi connectivity index (χ0v) is 24.6. The van der Waals surface area contributed by atoms with Crippen molar-refractivity contribution in [2.45, 2.75) is 64.7 Å². The second-order valence-electron chi connectivity index (χ2n) is 10.9. The molecule has 2 fully saturated rings. The fourth-order valence-electron chi connectivity index (χ4n) is 4.66. The van der Waals surface area contributed by atoms with Gasteiger partial charge in [0.1, 0.15) is 18.6 Å². The number of carbonyl (C=O) groups excluding carboxylic acids is 5. The van der Waals surface area contributed by atoms with Gasteiger partial charge in [0.25, 0.3) is 5.91 Å². The number of nitrogens with one attached hydrogen (secondary N) is 1. The molecule has 1 aromatic carbocycles. The SMILES string of the molecule is COc1ccnc(C(=O)NC2COC(=O)[C@H](Cc3ccccc3)C(OC(=O)C(C)C)[C@H](C)OC2=O)c1OC(=O)C1CCC1. The van der Waals surface area contributed by atoms with Crippen LogP contribution in [0.5, 0.6) is 11.5 Å². The van der Waals surface area contributed by atoms with Crippen LogP contribution in [0.1, 0.15) is 56.1 Å². The highest BCUT2D eigenvalue weighted by Gasteiger charge is 2.42. The fourth-order valence-corrected chi connectivity index (χ4v) is 4.66. The Labute approximate surface area is 249 Å². The minimum absolute atomic E-state index is 0.100. The zero-order chi connectivity index (χ0) is 31.1. The number of hydrogen-bond donors (Lipinski definition) is 1. The van der Waals surface area contributed by atoms with Crippen molar-refractivity contribution >= 4 is 29.8 Å². The first kappa shape index (κ1) is 31.5. The van der Waals surface area contributed by atoms with E-state index in [4.69, 9.17) is 23.7 Å². The van der Waals surface area contributed by atoms with Crippen LogP contribution in [0.15, 0.2) is 42.6 Å². The monoisotopic (exact) mass is 596 g/mol. The van der Waals surface area contributed by atoms with Crippen LogP contribution in [0.3, 0.4) is 0 Å². The van der Waals surface area contributed by atoms with Crippen molar-refractivity contribution in [3.8, 4) is 11.5 Å². The molecule has 1 amide bonds. The molecule has 1 N–H and O–H groups in total. The molecule has 0 bridgehead atoms. The Morgan fingerprint density at radius 2 is 1.79 bits per heavy atom. The number of aromatic nitrogens is 1. The smallest absolute Gasteiger partial charge is 0.332 e. The number of carbonyl (C=O) groups is 5. The molecule has 1 saturated heterocycles. The Morgan fingerprint density at radius 1 is 1.07 bits per heavy atom. The highest BCUT2D eigenvalue weighted by Crippen LogP contribution is 2.34. The number of rotatable bonds is 9. The van der Waals surface area contributed by atoms with Gasteiger partial charge in [0.15, 0.2) is 23.6 Å². The maximum absolute atomic E-state index is 13.4. The number of amides is 1. The predicted octanol–water partition coefficient (Wildman–Crippen LogP) is 2.81. The molecule has 0 radical (unpaired) electrons. The number of ether oxygens (including phenoxy) is 5. The molecule has 4 atom stereocenters. The third-order valence-electron chi connectivity index (χ3n) is 7.41. The van der Waals surface area contributed by atoms with E-state index in [0.29, 0.717) is 12.8 Å². The molecule has 4 rings (SSSR count). The molecular weight excluding hydrogens is 560 g/mol. The number of pyridine rings is 1. The van der Waals surface area contributed by atoms with Gasteiger partial charge < -0.3 is 29.0 Å². The molecule has 2 unspecified atom stereocenters. The van der Waals surface area contributed by atoms with Gasteiger partial charge in [-0.25, -0.2) is 9.78 Å². The summed E-state index contributed by atoms with van der Waals surface area (Å²) in [6, 6.07) is 9.07. The standard InChI is InChI=1S/C31H36N2O10/c1-17(2)28(35)42-25-18(3)41-31(38)22(16-40-30(37)21(25)15-19-9-6-5-7-10-19)33-27(34)24-26(23(39-4)13-14-32-24)43-29(36)20-11-8-12-20/h5-7,9-10,13-14,17-18,20-22,25H,8,11-12,15-16H2,1-4H3,(H,33,34)/t18-,21+,22?,25?/m0/s1. The molecule has 43 heavy (non-hydrogen) atoms. The number of esters is 4. The molecule has 0 spiro atoms. The lowest BCUT2D eigenvalue weighted by Gasteiger charge is -2.29. The van der Waals surface area contributed by atoms with Gasteiger partial charge in [0, 0.05) is 12.3 Å². The Morgan fingerprint density at radius 3 is 2.42 bits per heavy atom. The third-order valence-corrected chi connectivity index (χ3v) is 7.41. The fraction of sp³-hybridized carbons (Fsp3) is 0.484. The van der Waals surface area contributed by atoms with Crippen molar-refractivity contribution < 1.29 is 47.7 Å². The largest absolute Gasteiger partial charge is 0.493 e. The first-order valence-corrected chi connectivity index (χ1v) is 14.3. The maximum Gasteiger partial charge on any atom is 0.332 e. The molecule has 2 heterocycles. The van der Waals surface area contributed by atoms with E-state index in [0.717, 1.165) is 12.0 Å². The Balaban J connectivity index is 1.57. The average molecular weight is 597 g/mol. The molecule has 1 aliphatic heterocycles. The van der Waals surface area contributed by atoms with Gasteiger partial charge in [-0.2, -0.15) is 0 Å². The van der Waals surface area contributed by atoms with Crippen LogP contribution in [0.4, 0.5) is 0 Å². The maximum atomic E-state index is 13.4. The molecule has 2 aliphatic rings. The average Bonchev–Trinajstić information content (AvgIpc) is 2.98. The summed E-state index contributed by atoms with van der Waals surface area (Å²) in [6.07, 6.45) is 1.49. The van der Waals surface area contributed by atoms with E-state index >= 15 is 0 Å². The topological polar surface area (TPSA) is 156 Å². The van der Waals surface area contributed by atoms with E-state index in [1.165, 1.54) is 26.3 Å². The molecule has 1 saturated carbocycles. The van der Waals surface area contributed by atoms with Crippen LogP contribution >= 0.6 is 0 Å². The lowest BCUT2D eigenvalue weighted by molar-refractivity contribution is -0.176. The summed E-state index contributed by atoms with van der Waals surface area (Å²) in [5.41, 5.74) is 0.482. The van der Waals surface area contributed by atoms with Gasteiger partial charge in [-0.15, -0.1) is 0 Å². The van der Waals surface area contributed by atoms with Crippen LogP contribution in [0, 0.1) is 17.8 Å². The van der Waals surface area contributed by atoms with Gasteiger partial charge in [-0.05, 0) is 31.7 Å². The number of nitrogens with zero attached hydrogens (tertiary/aromatic N) is 1. The Hall–Kier alpha value is -4.48. The van der Waals surface area contributed by atoms with E-state index in [9.17, 15) is 24.0 Å². The number of cyclic esters (lactones) is 2. The molecular formula is C31H36N2O10. The van der Waals surface area contributed by atoms with Crippen molar-refractivity contribution in [3.63, 3.8) is 0 Å². The summed E-state index contributed by atoms with van der Waals surface area (Å²) < 4.78 is 27.6.